The molecule has 0 aromatic heterocycles. The molecule has 0 saturated heterocycles. The van der Waals surface area contributed by atoms with Gasteiger partial charge in [0.1, 0.15) is 0 Å². The van der Waals surface area contributed by atoms with Crippen molar-refractivity contribution in [2.75, 3.05) is 25.5 Å². The Kier molecular flexibility index (Phi) is 6.64. The van der Waals surface area contributed by atoms with Crippen LogP contribution in [0, 0.1) is 0 Å². The number of carbonyl (C=O) groups is 1. The number of carboxylic acid groups (broad SMARTS) is 1. The molecule has 1 aromatic carbocycles. The first kappa shape index (κ1) is 16.1. The summed E-state index contributed by atoms with van der Waals surface area (Å²) in [6.45, 7) is 4.44. The van der Waals surface area contributed by atoms with Crippen LogP contribution in [0.5, 0.6) is 0 Å². The molecule has 0 spiro atoms. The zero-order valence-corrected chi connectivity index (χ0v) is 12.4. The van der Waals surface area contributed by atoms with Crippen molar-refractivity contribution in [3.05, 3.63) is 35.9 Å². The molecular formula is C16H24N2O2. The first-order chi connectivity index (χ1) is 9.56. The number of unbranched alkanes of at least 4 members (excludes halogenated alkanes) is 2. The minimum Gasteiger partial charge on any atom is -0.465 e. The van der Waals surface area contributed by atoms with Gasteiger partial charge in [0.2, 0.25) is 0 Å². The fourth-order valence-corrected chi connectivity index (χ4v) is 2.26. The third-order valence-corrected chi connectivity index (χ3v) is 3.26. The second-order valence-electron chi connectivity index (χ2n) is 4.99. The Hall–Kier alpha value is -1.97. The maximum atomic E-state index is 10.3. The number of nitrogens with one attached hydrogen (secondary N) is 1. The Morgan fingerprint density at radius 3 is 2.70 bits per heavy atom. The van der Waals surface area contributed by atoms with E-state index in [1.54, 1.807) is 0 Å². The van der Waals surface area contributed by atoms with Crippen LogP contribution in [0.2, 0.25) is 0 Å². The molecule has 4 heteroatoms. The fourth-order valence-electron chi connectivity index (χ4n) is 2.26. The highest BCUT2D eigenvalue weighted by atomic mass is 16.4. The Morgan fingerprint density at radius 1 is 1.35 bits per heavy atom. The lowest BCUT2D eigenvalue weighted by Crippen LogP contribution is -2.21. The van der Waals surface area contributed by atoms with Crippen LogP contribution in [0.4, 0.5) is 10.5 Å². The topological polar surface area (TPSA) is 52.6 Å². The standard InChI is InChI=1S/C16H24N2O2/c1-4-14-13(10-8-11-15(14)18(2)3)9-6-5-7-12-17-16(19)20/h4,8,10-11,17H,1,5-7,9,12H2,2-3H3,(H,19,20). The van der Waals surface area contributed by atoms with Crippen LogP contribution in [-0.4, -0.2) is 31.8 Å². The maximum Gasteiger partial charge on any atom is 0.404 e. The molecule has 0 atom stereocenters. The molecule has 0 fully saturated rings. The highest BCUT2D eigenvalue weighted by Crippen LogP contribution is 2.25. The van der Waals surface area contributed by atoms with Crippen LogP contribution in [0.3, 0.4) is 0 Å². The highest BCUT2D eigenvalue weighted by Gasteiger charge is 2.06. The van der Waals surface area contributed by atoms with Crippen molar-refractivity contribution in [3.8, 4) is 0 Å². The quantitative estimate of drug-likeness (QED) is 0.716. The number of anilines is 1. The molecule has 0 aliphatic carbocycles. The summed E-state index contributed by atoms with van der Waals surface area (Å²) < 4.78 is 0. The zero-order valence-electron chi connectivity index (χ0n) is 12.4. The molecular weight excluding hydrogens is 252 g/mol. The van der Waals surface area contributed by atoms with E-state index in [0.717, 1.165) is 25.7 Å². The summed E-state index contributed by atoms with van der Waals surface area (Å²) >= 11 is 0. The lowest BCUT2D eigenvalue weighted by molar-refractivity contribution is 0.194. The van der Waals surface area contributed by atoms with Crippen LogP contribution >= 0.6 is 0 Å². The van der Waals surface area contributed by atoms with Crippen molar-refractivity contribution in [2.45, 2.75) is 25.7 Å². The number of amides is 1. The van der Waals surface area contributed by atoms with Crippen molar-refractivity contribution in [1.82, 2.24) is 5.32 Å². The first-order valence-electron chi connectivity index (χ1n) is 6.94. The smallest absolute Gasteiger partial charge is 0.404 e. The van der Waals surface area contributed by atoms with E-state index in [-0.39, 0.29) is 0 Å². The molecule has 20 heavy (non-hydrogen) atoms. The van der Waals surface area contributed by atoms with Gasteiger partial charge in [-0.1, -0.05) is 31.2 Å². The normalized spacial score (nSPS) is 10.1. The van der Waals surface area contributed by atoms with Gasteiger partial charge in [-0.05, 0) is 30.9 Å². The number of aryl methyl sites for hydroxylation is 1. The van der Waals surface area contributed by atoms with Gasteiger partial charge in [0.05, 0.1) is 0 Å². The number of rotatable bonds is 8. The summed E-state index contributed by atoms with van der Waals surface area (Å²) in [5.41, 5.74) is 3.68. The molecule has 0 radical (unpaired) electrons. The summed E-state index contributed by atoms with van der Waals surface area (Å²) in [6, 6.07) is 6.31. The van der Waals surface area contributed by atoms with Crippen LogP contribution in [0.1, 0.15) is 30.4 Å². The first-order valence-corrected chi connectivity index (χ1v) is 6.94. The third-order valence-electron chi connectivity index (χ3n) is 3.26. The predicted molar refractivity (Wildman–Crippen MR) is 84.4 cm³/mol. The average molecular weight is 276 g/mol. The van der Waals surface area contributed by atoms with Gasteiger partial charge in [-0.15, -0.1) is 0 Å². The van der Waals surface area contributed by atoms with E-state index in [2.05, 4.69) is 35.0 Å². The van der Waals surface area contributed by atoms with Crippen LogP contribution < -0.4 is 10.2 Å². The lowest BCUT2D eigenvalue weighted by Gasteiger charge is -2.18. The molecule has 110 valence electrons. The number of hydrogen-bond donors (Lipinski definition) is 2. The average Bonchev–Trinajstić information content (AvgIpc) is 2.41. The van der Waals surface area contributed by atoms with E-state index in [1.807, 2.05) is 20.2 Å². The van der Waals surface area contributed by atoms with Crippen LogP contribution in [-0.2, 0) is 6.42 Å². The molecule has 0 saturated carbocycles. The molecule has 1 aromatic rings. The van der Waals surface area contributed by atoms with Gasteiger partial charge in [0, 0.05) is 31.9 Å². The van der Waals surface area contributed by atoms with Gasteiger partial charge in [-0.25, -0.2) is 4.79 Å². The maximum absolute atomic E-state index is 10.3. The lowest BCUT2D eigenvalue weighted by atomic mass is 9.99. The van der Waals surface area contributed by atoms with Gasteiger partial charge in [-0.3, -0.25) is 0 Å². The molecule has 2 N–H and O–H groups in total. The molecule has 0 bridgehead atoms. The number of nitrogens with zero attached hydrogens (tertiary/aromatic N) is 1. The van der Waals surface area contributed by atoms with Crippen molar-refractivity contribution in [3.63, 3.8) is 0 Å². The summed E-state index contributed by atoms with van der Waals surface area (Å²) in [4.78, 5) is 12.4. The van der Waals surface area contributed by atoms with E-state index < -0.39 is 6.09 Å². The highest BCUT2D eigenvalue weighted by molar-refractivity contribution is 5.69. The Balaban J connectivity index is 2.49. The molecule has 0 aliphatic heterocycles. The summed E-state index contributed by atoms with van der Waals surface area (Å²) in [5.74, 6) is 0. The Labute approximate surface area is 121 Å². The minimum atomic E-state index is -0.947. The molecule has 0 aliphatic rings. The van der Waals surface area contributed by atoms with Gasteiger partial charge < -0.3 is 15.3 Å². The Bertz CT molecular complexity index is 456. The van der Waals surface area contributed by atoms with E-state index in [0.29, 0.717) is 6.54 Å². The van der Waals surface area contributed by atoms with Crippen LogP contribution in [0.25, 0.3) is 6.08 Å². The third kappa shape index (κ3) is 4.96. The Morgan fingerprint density at radius 2 is 2.10 bits per heavy atom. The van der Waals surface area contributed by atoms with E-state index in [1.165, 1.54) is 16.8 Å². The molecule has 1 amide bonds. The minimum absolute atomic E-state index is 0.529. The number of hydrogen-bond acceptors (Lipinski definition) is 2. The summed E-state index contributed by atoms with van der Waals surface area (Å²) in [6.07, 6.45) is 4.91. The SMILES string of the molecule is C=Cc1c(CCCCCNC(=O)O)cccc1N(C)C. The van der Waals surface area contributed by atoms with E-state index in [4.69, 9.17) is 5.11 Å². The van der Waals surface area contributed by atoms with Crippen molar-refractivity contribution >= 4 is 17.9 Å². The van der Waals surface area contributed by atoms with Gasteiger partial charge in [0.15, 0.2) is 0 Å². The summed E-state index contributed by atoms with van der Waals surface area (Å²) in [5, 5.41) is 10.9. The monoisotopic (exact) mass is 276 g/mol. The fraction of sp³-hybridized carbons (Fsp3) is 0.438. The predicted octanol–water partition coefficient (Wildman–Crippen LogP) is 3.38. The molecule has 4 nitrogen and oxygen atoms in total. The van der Waals surface area contributed by atoms with Crippen molar-refractivity contribution in [2.24, 2.45) is 0 Å². The van der Waals surface area contributed by atoms with Crippen molar-refractivity contribution < 1.29 is 9.90 Å². The largest absolute Gasteiger partial charge is 0.465 e. The molecule has 1 rings (SSSR count). The van der Waals surface area contributed by atoms with Gasteiger partial charge in [-0.2, -0.15) is 0 Å². The second-order valence-corrected chi connectivity index (χ2v) is 4.99. The van der Waals surface area contributed by atoms with Crippen molar-refractivity contribution in [1.29, 1.82) is 0 Å². The van der Waals surface area contributed by atoms with Gasteiger partial charge >= 0.3 is 6.09 Å². The second kappa shape index (κ2) is 8.25. The van der Waals surface area contributed by atoms with E-state index >= 15 is 0 Å². The molecule has 0 unspecified atom stereocenters. The van der Waals surface area contributed by atoms with Gasteiger partial charge in [0.25, 0.3) is 0 Å². The van der Waals surface area contributed by atoms with Crippen LogP contribution in [0.15, 0.2) is 24.8 Å². The van der Waals surface area contributed by atoms with E-state index in [9.17, 15) is 4.79 Å². The summed E-state index contributed by atoms with van der Waals surface area (Å²) in [7, 11) is 4.06. The molecule has 0 heterocycles. The number of benzene rings is 1. The zero-order chi connectivity index (χ0) is 15.0.